The van der Waals surface area contributed by atoms with Gasteiger partial charge in [0.15, 0.2) is 0 Å². The van der Waals surface area contributed by atoms with Crippen LogP contribution in [0.5, 0.6) is 11.5 Å². The summed E-state index contributed by atoms with van der Waals surface area (Å²) in [5.74, 6) is 3.32. The molecule has 19 heavy (non-hydrogen) atoms. The number of hydrogen-bond acceptors (Lipinski definition) is 3. The number of nitrogens with one attached hydrogen (secondary N) is 1. The zero-order valence-electron chi connectivity index (χ0n) is 11.9. The normalized spacial score (nSPS) is 23.2. The molecular weight excluding hydrogens is 238 g/mol. The largest absolute Gasteiger partial charge is 0.497 e. The Kier molecular flexibility index (Phi) is 3.65. The SMILES string of the molecule is COc1cc2c(c(OC)c1)C(C1CCCC1)CNC2. The Balaban J connectivity index is 2.01. The Morgan fingerprint density at radius 2 is 1.89 bits per heavy atom. The van der Waals surface area contributed by atoms with E-state index in [2.05, 4.69) is 11.4 Å². The molecule has 0 spiro atoms. The standard InChI is InChI=1S/C16H23NO2/c1-18-13-7-12-9-17-10-14(11-5-3-4-6-11)16(12)15(8-13)19-2/h7-8,11,14,17H,3-6,9-10H2,1-2H3. The molecular formula is C16H23NO2. The zero-order chi connectivity index (χ0) is 13.2. The summed E-state index contributed by atoms with van der Waals surface area (Å²) < 4.78 is 11.0. The van der Waals surface area contributed by atoms with Crippen LogP contribution in [0, 0.1) is 5.92 Å². The monoisotopic (exact) mass is 261 g/mol. The number of hydrogen-bond donors (Lipinski definition) is 1. The van der Waals surface area contributed by atoms with Gasteiger partial charge >= 0.3 is 0 Å². The highest BCUT2D eigenvalue weighted by Crippen LogP contribution is 2.44. The number of rotatable bonds is 3. The molecule has 1 atom stereocenters. The molecule has 1 aliphatic carbocycles. The van der Waals surface area contributed by atoms with E-state index in [4.69, 9.17) is 9.47 Å². The van der Waals surface area contributed by atoms with Gasteiger partial charge in [0.05, 0.1) is 14.2 Å². The summed E-state index contributed by atoms with van der Waals surface area (Å²) in [5, 5.41) is 3.56. The van der Waals surface area contributed by atoms with Crippen LogP contribution in [0.25, 0.3) is 0 Å². The van der Waals surface area contributed by atoms with Gasteiger partial charge in [-0.1, -0.05) is 12.8 Å². The molecule has 1 unspecified atom stereocenters. The molecule has 1 aliphatic heterocycles. The second-order valence-electron chi connectivity index (χ2n) is 5.68. The highest BCUT2D eigenvalue weighted by molar-refractivity contribution is 5.50. The van der Waals surface area contributed by atoms with Crippen LogP contribution in [-0.2, 0) is 6.54 Å². The molecule has 104 valence electrons. The third kappa shape index (κ3) is 2.32. The van der Waals surface area contributed by atoms with Gasteiger partial charge in [-0.15, -0.1) is 0 Å². The van der Waals surface area contributed by atoms with Gasteiger partial charge in [0.2, 0.25) is 0 Å². The average molecular weight is 261 g/mol. The van der Waals surface area contributed by atoms with Gasteiger partial charge in [-0.05, 0) is 30.4 Å². The molecule has 0 amide bonds. The lowest BCUT2D eigenvalue weighted by Gasteiger charge is -2.32. The Morgan fingerprint density at radius 1 is 1.11 bits per heavy atom. The molecule has 1 aromatic carbocycles. The fraction of sp³-hybridized carbons (Fsp3) is 0.625. The molecule has 1 aromatic rings. The van der Waals surface area contributed by atoms with E-state index in [1.807, 2.05) is 6.07 Å². The molecule has 3 rings (SSSR count). The van der Waals surface area contributed by atoms with Crippen molar-refractivity contribution in [1.82, 2.24) is 5.32 Å². The number of fused-ring (bicyclic) bond motifs is 1. The minimum absolute atomic E-state index is 0.604. The first kappa shape index (κ1) is 12.8. The van der Waals surface area contributed by atoms with Crippen LogP contribution in [0.3, 0.4) is 0 Å². The first-order chi connectivity index (χ1) is 9.33. The van der Waals surface area contributed by atoms with Gasteiger partial charge in [0, 0.05) is 30.6 Å². The topological polar surface area (TPSA) is 30.5 Å². The second-order valence-corrected chi connectivity index (χ2v) is 5.68. The van der Waals surface area contributed by atoms with Gasteiger partial charge in [-0.2, -0.15) is 0 Å². The number of methoxy groups -OCH3 is 2. The van der Waals surface area contributed by atoms with Crippen molar-refractivity contribution in [3.05, 3.63) is 23.3 Å². The van der Waals surface area contributed by atoms with E-state index in [0.29, 0.717) is 5.92 Å². The zero-order valence-corrected chi connectivity index (χ0v) is 11.9. The van der Waals surface area contributed by atoms with E-state index >= 15 is 0 Å². The maximum atomic E-state index is 5.64. The summed E-state index contributed by atoms with van der Waals surface area (Å²) >= 11 is 0. The molecule has 0 bridgehead atoms. The lowest BCUT2D eigenvalue weighted by Crippen LogP contribution is -2.32. The Labute approximate surface area is 115 Å². The maximum absolute atomic E-state index is 5.64. The summed E-state index contributed by atoms with van der Waals surface area (Å²) in [6.07, 6.45) is 5.49. The molecule has 0 aromatic heterocycles. The third-order valence-electron chi connectivity index (χ3n) is 4.68. The predicted molar refractivity (Wildman–Crippen MR) is 76.0 cm³/mol. The fourth-order valence-corrected chi connectivity index (χ4v) is 3.74. The van der Waals surface area contributed by atoms with Crippen molar-refractivity contribution in [2.75, 3.05) is 20.8 Å². The van der Waals surface area contributed by atoms with Crippen LogP contribution >= 0.6 is 0 Å². The van der Waals surface area contributed by atoms with Crippen LogP contribution in [0.1, 0.15) is 42.7 Å². The van der Waals surface area contributed by atoms with E-state index in [1.54, 1.807) is 14.2 Å². The lowest BCUT2D eigenvalue weighted by molar-refractivity contribution is 0.351. The van der Waals surface area contributed by atoms with Crippen LogP contribution in [0.2, 0.25) is 0 Å². The van der Waals surface area contributed by atoms with Gasteiger partial charge in [0.1, 0.15) is 11.5 Å². The first-order valence-corrected chi connectivity index (χ1v) is 7.29. The van der Waals surface area contributed by atoms with Crippen LogP contribution in [-0.4, -0.2) is 20.8 Å². The van der Waals surface area contributed by atoms with Crippen molar-refractivity contribution >= 4 is 0 Å². The summed E-state index contributed by atoms with van der Waals surface area (Å²) in [6, 6.07) is 4.19. The highest BCUT2D eigenvalue weighted by atomic mass is 16.5. The van der Waals surface area contributed by atoms with Crippen molar-refractivity contribution in [3.63, 3.8) is 0 Å². The van der Waals surface area contributed by atoms with Crippen LogP contribution in [0.4, 0.5) is 0 Å². The summed E-state index contributed by atoms with van der Waals surface area (Å²) in [4.78, 5) is 0. The molecule has 1 fully saturated rings. The van der Waals surface area contributed by atoms with Crippen molar-refractivity contribution in [2.45, 2.75) is 38.1 Å². The van der Waals surface area contributed by atoms with E-state index in [1.165, 1.54) is 36.8 Å². The van der Waals surface area contributed by atoms with Crippen molar-refractivity contribution in [2.24, 2.45) is 5.92 Å². The molecule has 1 heterocycles. The van der Waals surface area contributed by atoms with Gasteiger partial charge in [-0.3, -0.25) is 0 Å². The van der Waals surface area contributed by atoms with E-state index in [-0.39, 0.29) is 0 Å². The van der Waals surface area contributed by atoms with Gasteiger partial charge < -0.3 is 14.8 Å². The molecule has 2 aliphatic rings. The molecule has 3 heteroatoms. The average Bonchev–Trinajstić information content (AvgIpc) is 2.99. The van der Waals surface area contributed by atoms with Crippen molar-refractivity contribution < 1.29 is 9.47 Å². The smallest absolute Gasteiger partial charge is 0.126 e. The Bertz CT molecular complexity index is 435. The highest BCUT2D eigenvalue weighted by Gasteiger charge is 2.32. The molecule has 0 saturated heterocycles. The van der Waals surface area contributed by atoms with Crippen molar-refractivity contribution in [1.29, 1.82) is 0 Å². The van der Waals surface area contributed by atoms with Gasteiger partial charge in [-0.25, -0.2) is 0 Å². The van der Waals surface area contributed by atoms with Crippen LogP contribution in [0.15, 0.2) is 12.1 Å². The molecule has 3 nitrogen and oxygen atoms in total. The lowest BCUT2D eigenvalue weighted by atomic mass is 9.80. The molecule has 1 N–H and O–H groups in total. The maximum Gasteiger partial charge on any atom is 0.126 e. The summed E-state index contributed by atoms with van der Waals surface area (Å²) in [5.41, 5.74) is 2.77. The summed E-state index contributed by atoms with van der Waals surface area (Å²) in [6.45, 7) is 2.01. The quantitative estimate of drug-likeness (QED) is 0.907. The fourth-order valence-electron chi connectivity index (χ4n) is 3.74. The Hall–Kier alpha value is -1.22. The van der Waals surface area contributed by atoms with E-state index in [9.17, 15) is 0 Å². The number of benzene rings is 1. The van der Waals surface area contributed by atoms with E-state index < -0.39 is 0 Å². The van der Waals surface area contributed by atoms with E-state index in [0.717, 1.165) is 30.5 Å². The minimum atomic E-state index is 0.604. The predicted octanol–water partition coefficient (Wildman–Crippen LogP) is 3.08. The second kappa shape index (κ2) is 5.41. The van der Waals surface area contributed by atoms with Gasteiger partial charge in [0.25, 0.3) is 0 Å². The van der Waals surface area contributed by atoms with Crippen LogP contribution < -0.4 is 14.8 Å². The molecule has 1 saturated carbocycles. The minimum Gasteiger partial charge on any atom is -0.497 e. The first-order valence-electron chi connectivity index (χ1n) is 7.29. The summed E-state index contributed by atoms with van der Waals surface area (Å²) in [7, 11) is 3.48. The van der Waals surface area contributed by atoms with Crippen molar-refractivity contribution in [3.8, 4) is 11.5 Å². The Morgan fingerprint density at radius 3 is 2.58 bits per heavy atom. The molecule has 0 radical (unpaired) electrons. The number of ether oxygens (including phenoxy) is 2. The third-order valence-corrected chi connectivity index (χ3v) is 4.68.